The Balaban J connectivity index is 1.72. The van der Waals surface area contributed by atoms with E-state index in [0.717, 1.165) is 19.4 Å². The van der Waals surface area contributed by atoms with Gasteiger partial charge in [-0.3, -0.25) is 4.79 Å². The molecule has 0 bridgehead atoms. The van der Waals surface area contributed by atoms with Gasteiger partial charge in [0.25, 0.3) is 0 Å². The van der Waals surface area contributed by atoms with Crippen molar-refractivity contribution in [1.82, 2.24) is 0 Å². The summed E-state index contributed by atoms with van der Waals surface area (Å²) in [6.07, 6.45) is 2.13. The van der Waals surface area contributed by atoms with Crippen LogP contribution in [0.15, 0.2) is 22.7 Å². The number of amides is 1. The van der Waals surface area contributed by atoms with Crippen LogP contribution in [0.25, 0.3) is 0 Å². The number of ether oxygens (including phenoxy) is 2. The highest BCUT2D eigenvalue weighted by atomic mass is 79.9. The molecule has 4 nitrogen and oxygen atoms in total. The van der Waals surface area contributed by atoms with E-state index >= 15 is 0 Å². The first-order valence-corrected chi connectivity index (χ1v) is 6.88. The maximum Gasteiger partial charge on any atom is 0.250 e. The van der Waals surface area contributed by atoms with Crippen molar-refractivity contribution in [1.29, 1.82) is 0 Å². The Hall–Kier alpha value is -0.980. The highest BCUT2D eigenvalue weighted by Gasteiger charge is 2.16. The Labute approximate surface area is 119 Å². The van der Waals surface area contributed by atoms with Gasteiger partial charge in [0.1, 0.15) is 12.4 Å². The predicted octanol–water partition coefficient (Wildman–Crippen LogP) is 2.72. The van der Waals surface area contributed by atoms with Crippen LogP contribution in [0.5, 0.6) is 0 Å². The quantitative estimate of drug-likeness (QED) is 0.902. The zero-order valence-electron chi connectivity index (χ0n) is 10.3. The zero-order chi connectivity index (χ0) is 13.7. The molecule has 0 spiro atoms. The van der Waals surface area contributed by atoms with E-state index in [1.54, 1.807) is 0 Å². The topological polar surface area (TPSA) is 47.6 Å². The molecule has 1 N–H and O–H groups in total. The van der Waals surface area contributed by atoms with Gasteiger partial charge in [0.2, 0.25) is 5.91 Å². The lowest BCUT2D eigenvalue weighted by atomic mass is 10.2. The van der Waals surface area contributed by atoms with Crippen LogP contribution in [0.1, 0.15) is 12.8 Å². The lowest BCUT2D eigenvalue weighted by Crippen LogP contribution is -2.22. The highest BCUT2D eigenvalue weighted by molar-refractivity contribution is 9.10. The molecule has 2 rings (SSSR count). The van der Waals surface area contributed by atoms with Crippen molar-refractivity contribution in [3.05, 3.63) is 28.5 Å². The van der Waals surface area contributed by atoms with Crippen molar-refractivity contribution in [2.45, 2.75) is 18.9 Å². The lowest BCUT2D eigenvalue weighted by Gasteiger charge is -2.10. The summed E-state index contributed by atoms with van der Waals surface area (Å²) in [6, 6.07) is 4.29. The molecular formula is C13H15BrFNO3. The largest absolute Gasteiger partial charge is 0.376 e. The van der Waals surface area contributed by atoms with Crippen molar-refractivity contribution in [3.63, 3.8) is 0 Å². The molecule has 1 amide bonds. The second kappa shape index (κ2) is 6.98. The minimum atomic E-state index is -0.368. The molecule has 1 aromatic rings. The summed E-state index contributed by atoms with van der Waals surface area (Å²) in [7, 11) is 0. The van der Waals surface area contributed by atoms with Crippen LogP contribution >= 0.6 is 15.9 Å². The highest BCUT2D eigenvalue weighted by Crippen LogP contribution is 2.19. The minimum absolute atomic E-state index is 0.0329. The molecule has 1 atom stereocenters. The van der Waals surface area contributed by atoms with E-state index < -0.39 is 0 Å². The first-order chi connectivity index (χ1) is 9.15. The Morgan fingerprint density at radius 3 is 3.11 bits per heavy atom. The van der Waals surface area contributed by atoms with E-state index in [4.69, 9.17) is 9.47 Å². The van der Waals surface area contributed by atoms with Gasteiger partial charge >= 0.3 is 0 Å². The summed E-state index contributed by atoms with van der Waals surface area (Å²) in [6.45, 7) is 1.17. The van der Waals surface area contributed by atoms with Crippen LogP contribution in [0, 0.1) is 5.82 Å². The number of anilines is 1. The number of hydrogen-bond donors (Lipinski definition) is 1. The number of hydrogen-bond acceptors (Lipinski definition) is 3. The van der Waals surface area contributed by atoms with Gasteiger partial charge in [-0.1, -0.05) is 0 Å². The van der Waals surface area contributed by atoms with Crippen LogP contribution in [0.2, 0.25) is 0 Å². The smallest absolute Gasteiger partial charge is 0.250 e. The van der Waals surface area contributed by atoms with Crippen LogP contribution in [-0.4, -0.2) is 31.8 Å². The third-order valence-electron chi connectivity index (χ3n) is 2.76. The second-order valence-corrected chi connectivity index (χ2v) is 5.18. The van der Waals surface area contributed by atoms with Crippen molar-refractivity contribution >= 4 is 27.5 Å². The summed E-state index contributed by atoms with van der Waals surface area (Å²) in [5.41, 5.74) is 0.527. The van der Waals surface area contributed by atoms with Crippen molar-refractivity contribution in [3.8, 4) is 0 Å². The predicted molar refractivity (Wildman–Crippen MR) is 72.5 cm³/mol. The normalized spacial score (nSPS) is 18.5. The van der Waals surface area contributed by atoms with Gasteiger partial charge in [-0.05, 0) is 47.0 Å². The molecule has 19 heavy (non-hydrogen) atoms. The number of carbonyl (C=O) groups excluding carboxylic acids is 1. The minimum Gasteiger partial charge on any atom is -0.376 e. The van der Waals surface area contributed by atoms with E-state index in [0.29, 0.717) is 16.8 Å². The number of halogens is 2. The Bertz CT molecular complexity index is 450. The Kier molecular flexibility index (Phi) is 5.30. The third-order valence-corrected chi connectivity index (χ3v) is 3.37. The maximum atomic E-state index is 13.0. The molecule has 1 unspecified atom stereocenters. The summed E-state index contributed by atoms with van der Waals surface area (Å²) in [5.74, 6) is -0.635. The number of carbonyl (C=O) groups is 1. The molecule has 1 aliphatic heterocycles. The molecule has 1 aromatic carbocycles. The number of nitrogens with one attached hydrogen (secondary N) is 1. The van der Waals surface area contributed by atoms with Gasteiger partial charge < -0.3 is 14.8 Å². The lowest BCUT2D eigenvalue weighted by molar-refractivity contribution is -0.121. The molecule has 1 saturated heterocycles. The molecule has 104 valence electrons. The van der Waals surface area contributed by atoms with E-state index in [2.05, 4.69) is 21.2 Å². The van der Waals surface area contributed by atoms with Gasteiger partial charge in [0.15, 0.2) is 0 Å². The summed E-state index contributed by atoms with van der Waals surface area (Å²) < 4.78 is 24.0. The molecular weight excluding hydrogens is 317 g/mol. The zero-order valence-corrected chi connectivity index (χ0v) is 11.9. The average Bonchev–Trinajstić information content (AvgIpc) is 2.87. The van der Waals surface area contributed by atoms with E-state index in [1.807, 2.05) is 0 Å². The number of benzene rings is 1. The van der Waals surface area contributed by atoms with Gasteiger partial charge in [-0.2, -0.15) is 0 Å². The van der Waals surface area contributed by atoms with Crippen molar-refractivity contribution in [2.24, 2.45) is 0 Å². The van der Waals surface area contributed by atoms with Crippen molar-refractivity contribution in [2.75, 3.05) is 25.1 Å². The molecule has 0 saturated carbocycles. The molecule has 1 aliphatic rings. The van der Waals surface area contributed by atoms with E-state index in [9.17, 15) is 9.18 Å². The van der Waals surface area contributed by atoms with Gasteiger partial charge in [0.05, 0.1) is 17.2 Å². The maximum absolute atomic E-state index is 13.0. The monoisotopic (exact) mass is 331 g/mol. The Morgan fingerprint density at radius 2 is 2.42 bits per heavy atom. The standard InChI is InChI=1S/C13H15BrFNO3/c14-11-6-9(3-4-12(11)15)16-13(17)8-18-7-10-2-1-5-19-10/h3-4,6,10H,1-2,5,7-8H2,(H,16,17). The van der Waals surface area contributed by atoms with Crippen molar-refractivity contribution < 1.29 is 18.7 Å². The fourth-order valence-corrected chi connectivity index (χ4v) is 2.21. The summed E-state index contributed by atoms with van der Waals surface area (Å²) >= 11 is 3.06. The van der Waals surface area contributed by atoms with Crippen LogP contribution in [0.3, 0.4) is 0 Å². The van der Waals surface area contributed by atoms with E-state index in [-0.39, 0.29) is 24.4 Å². The molecule has 1 fully saturated rings. The van der Waals surface area contributed by atoms with Crippen LogP contribution in [0.4, 0.5) is 10.1 Å². The van der Waals surface area contributed by atoms with Gasteiger partial charge in [-0.25, -0.2) is 4.39 Å². The molecule has 0 aromatic heterocycles. The molecule has 0 aliphatic carbocycles. The van der Waals surface area contributed by atoms with Gasteiger partial charge in [-0.15, -0.1) is 0 Å². The fraction of sp³-hybridized carbons (Fsp3) is 0.462. The first-order valence-electron chi connectivity index (χ1n) is 6.09. The SMILES string of the molecule is O=C(COCC1CCCO1)Nc1ccc(F)c(Br)c1. The molecule has 1 heterocycles. The summed E-state index contributed by atoms with van der Waals surface area (Å²) in [4.78, 5) is 11.6. The second-order valence-electron chi connectivity index (χ2n) is 4.33. The fourth-order valence-electron chi connectivity index (χ4n) is 1.83. The summed E-state index contributed by atoms with van der Waals surface area (Å²) in [5, 5.41) is 2.63. The molecule has 0 radical (unpaired) electrons. The third kappa shape index (κ3) is 4.56. The van der Waals surface area contributed by atoms with Crippen LogP contribution < -0.4 is 5.32 Å². The molecule has 6 heteroatoms. The van der Waals surface area contributed by atoms with E-state index in [1.165, 1.54) is 18.2 Å². The van der Waals surface area contributed by atoms with Crippen LogP contribution in [-0.2, 0) is 14.3 Å². The van der Waals surface area contributed by atoms with Gasteiger partial charge in [0, 0.05) is 12.3 Å². The average molecular weight is 332 g/mol. The first kappa shape index (κ1) is 14.4. The number of rotatable bonds is 5. The Morgan fingerprint density at radius 1 is 1.58 bits per heavy atom.